The molecular formula is C14H37NSi. The molecule has 102 valence electrons. The molecule has 0 aliphatic rings. The maximum absolute atomic E-state index is 2.41. The molecule has 0 saturated carbocycles. The van der Waals surface area contributed by atoms with Gasteiger partial charge in [-0.15, -0.1) is 0 Å². The minimum absolute atomic E-state index is 0.483. The number of hydrogen-bond donors (Lipinski definition) is 0. The minimum atomic E-state index is -1.15. The van der Waals surface area contributed by atoms with E-state index in [9.17, 15) is 0 Å². The summed E-state index contributed by atoms with van der Waals surface area (Å²) in [6, 6.07) is 0. The van der Waals surface area contributed by atoms with Crippen molar-refractivity contribution in [3.05, 3.63) is 0 Å². The molecule has 0 amide bonds. The lowest BCUT2D eigenvalue weighted by atomic mass is 10.2. The molecule has 1 nitrogen and oxygen atoms in total. The third kappa shape index (κ3) is 10.7. The van der Waals surface area contributed by atoms with Crippen molar-refractivity contribution in [2.24, 2.45) is 0 Å². The fourth-order valence-corrected chi connectivity index (χ4v) is 2.01. The highest BCUT2D eigenvalue weighted by Gasteiger charge is 2.37. The van der Waals surface area contributed by atoms with Crippen LogP contribution in [0.5, 0.6) is 0 Å². The first-order valence-corrected chi connectivity index (χ1v) is 9.64. The molecule has 0 spiro atoms. The molecule has 0 unspecified atom stereocenters. The van der Waals surface area contributed by atoms with Gasteiger partial charge in [-0.2, -0.15) is 0 Å². The fourth-order valence-electron chi connectivity index (χ4n) is 0.671. The van der Waals surface area contributed by atoms with Crippen LogP contribution in [0.2, 0.25) is 18.1 Å². The molecule has 16 heavy (non-hydrogen) atoms. The molecule has 0 aliphatic carbocycles. The summed E-state index contributed by atoms with van der Waals surface area (Å²) in [4.78, 5) is 0. The summed E-state index contributed by atoms with van der Waals surface area (Å²) in [5.74, 6) is 0. The lowest BCUT2D eigenvalue weighted by Crippen LogP contribution is -2.50. The molecule has 0 aromatic carbocycles. The summed E-state index contributed by atoms with van der Waals surface area (Å²) < 4.78 is 2.41. The Bertz CT molecular complexity index is 132. The third-order valence-electron chi connectivity index (χ3n) is 2.95. The lowest BCUT2D eigenvalue weighted by molar-refractivity contribution is 0.551. The standard InChI is InChI=1S/C8H21NSi.2C3H8/c1-8(2,3)10(6,7)9(4)5;2*1-3-2/h1-7H3;2*3H2,1-2H3. The Morgan fingerprint density at radius 3 is 1.00 bits per heavy atom. The molecule has 0 radical (unpaired) electrons. The van der Waals surface area contributed by atoms with E-state index in [2.05, 4.69) is 80.2 Å². The molecule has 0 aromatic heterocycles. The Morgan fingerprint density at radius 2 is 1.00 bits per heavy atom. The van der Waals surface area contributed by atoms with E-state index < -0.39 is 8.24 Å². The molecule has 0 bridgehead atoms. The molecule has 2 heteroatoms. The van der Waals surface area contributed by atoms with Crippen LogP contribution in [0, 0.1) is 0 Å². The Kier molecular flexibility index (Phi) is 13.9. The zero-order valence-electron chi connectivity index (χ0n) is 13.9. The first-order chi connectivity index (χ1) is 7.02. The lowest BCUT2D eigenvalue weighted by Gasteiger charge is -2.42. The van der Waals surface area contributed by atoms with Gasteiger partial charge < -0.3 is 4.57 Å². The number of hydrogen-bond acceptors (Lipinski definition) is 1. The quantitative estimate of drug-likeness (QED) is 0.562. The zero-order chi connectivity index (χ0) is 14.0. The van der Waals surface area contributed by atoms with Crippen molar-refractivity contribution >= 4 is 8.24 Å². The van der Waals surface area contributed by atoms with Crippen molar-refractivity contribution in [2.75, 3.05) is 14.1 Å². The van der Waals surface area contributed by atoms with Gasteiger partial charge in [0.05, 0.1) is 0 Å². The molecule has 0 fully saturated rings. The van der Waals surface area contributed by atoms with Crippen LogP contribution < -0.4 is 0 Å². The van der Waals surface area contributed by atoms with Gasteiger partial charge in [0.25, 0.3) is 0 Å². The van der Waals surface area contributed by atoms with E-state index in [1.54, 1.807) is 0 Å². The van der Waals surface area contributed by atoms with Crippen molar-refractivity contribution in [2.45, 2.75) is 79.4 Å². The Balaban J connectivity index is -0.000000235. The number of nitrogens with zero attached hydrogens (tertiary/aromatic N) is 1. The van der Waals surface area contributed by atoms with Crippen LogP contribution in [-0.2, 0) is 0 Å². The molecular weight excluding hydrogens is 210 g/mol. The van der Waals surface area contributed by atoms with Crippen LogP contribution in [0.25, 0.3) is 0 Å². The number of rotatable bonds is 1. The van der Waals surface area contributed by atoms with Crippen LogP contribution in [0.15, 0.2) is 0 Å². The highest BCUT2D eigenvalue weighted by Crippen LogP contribution is 2.36. The Morgan fingerprint density at radius 1 is 0.812 bits per heavy atom. The summed E-state index contributed by atoms with van der Waals surface area (Å²) in [7, 11) is 3.23. The average molecular weight is 248 g/mol. The van der Waals surface area contributed by atoms with Gasteiger partial charge in [-0.25, -0.2) is 0 Å². The summed E-state index contributed by atoms with van der Waals surface area (Å²) in [5, 5.41) is 0.483. The van der Waals surface area contributed by atoms with E-state index in [0.29, 0.717) is 5.04 Å². The van der Waals surface area contributed by atoms with Crippen molar-refractivity contribution in [3.8, 4) is 0 Å². The topological polar surface area (TPSA) is 3.24 Å². The normalized spacial score (nSPS) is 11.2. The maximum atomic E-state index is 2.41. The van der Waals surface area contributed by atoms with Crippen LogP contribution in [0.1, 0.15) is 61.3 Å². The molecule has 0 aliphatic heterocycles. The SMILES string of the molecule is CCC.CCC.CN(C)[Si](C)(C)C(C)(C)C. The van der Waals surface area contributed by atoms with Gasteiger partial charge in [0.2, 0.25) is 0 Å². The maximum Gasteiger partial charge on any atom is 0.127 e. The van der Waals surface area contributed by atoms with Gasteiger partial charge in [0, 0.05) is 0 Å². The van der Waals surface area contributed by atoms with Gasteiger partial charge in [0.15, 0.2) is 0 Å². The predicted octanol–water partition coefficient (Wildman–Crippen LogP) is 5.39. The second-order valence-electron chi connectivity index (χ2n) is 6.12. The monoisotopic (exact) mass is 247 g/mol. The van der Waals surface area contributed by atoms with Gasteiger partial charge in [-0.1, -0.05) is 74.4 Å². The van der Waals surface area contributed by atoms with Crippen LogP contribution in [0.3, 0.4) is 0 Å². The van der Waals surface area contributed by atoms with Crippen molar-refractivity contribution in [1.29, 1.82) is 0 Å². The highest BCUT2D eigenvalue weighted by atomic mass is 28.3. The summed E-state index contributed by atoms with van der Waals surface area (Å²) in [5.41, 5.74) is 0. The van der Waals surface area contributed by atoms with Crippen molar-refractivity contribution < 1.29 is 0 Å². The first kappa shape index (κ1) is 21.5. The molecule has 0 N–H and O–H groups in total. The van der Waals surface area contributed by atoms with Crippen LogP contribution in [-0.4, -0.2) is 26.9 Å². The molecule has 0 rings (SSSR count). The van der Waals surface area contributed by atoms with E-state index in [1.807, 2.05) is 0 Å². The second-order valence-corrected chi connectivity index (χ2v) is 11.6. The van der Waals surface area contributed by atoms with E-state index in [4.69, 9.17) is 0 Å². The van der Waals surface area contributed by atoms with E-state index in [-0.39, 0.29) is 0 Å². The van der Waals surface area contributed by atoms with Crippen LogP contribution in [0.4, 0.5) is 0 Å². The second kappa shape index (κ2) is 10.3. The van der Waals surface area contributed by atoms with E-state index in [0.717, 1.165) is 0 Å². The molecule has 0 aromatic rings. The van der Waals surface area contributed by atoms with Gasteiger partial charge in [-0.05, 0) is 19.1 Å². The average Bonchev–Trinajstić information content (AvgIpc) is 2.04. The summed E-state index contributed by atoms with van der Waals surface area (Å²) in [6.07, 6.45) is 2.50. The minimum Gasteiger partial charge on any atom is -0.329 e. The first-order valence-electron chi connectivity index (χ1n) is 6.70. The molecule has 0 saturated heterocycles. The van der Waals surface area contributed by atoms with Crippen molar-refractivity contribution in [1.82, 2.24) is 4.57 Å². The smallest absolute Gasteiger partial charge is 0.127 e. The summed E-state index contributed by atoms with van der Waals surface area (Å²) in [6.45, 7) is 20.3. The van der Waals surface area contributed by atoms with Crippen molar-refractivity contribution in [3.63, 3.8) is 0 Å². The summed E-state index contributed by atoms with van der Waals surface area (Å²) >= 11 is 0. The van der Waals surface area contributed by atoms with Gasteiger partial charge in [0.1, 0.15) is 8.24 Å². The Labute approximate surface area is 107 Å². The molecule has 0 heterocycles. The highest BCUT2D eigenvalue weighted by molar-refractivity contribution is 6.77. The third-order valence-corrected chi connectivity index (χ3v) is 8.86. The van der Waals surface area contributed by atoms with E-state index in [1.165, 1.54) is 12.8 Å². The molecule has 0 atom stereocenters. The van der Waals surface area contributed by atoms with Gasteiger partial charge in [-0.3, -0.25) is 0 Å². The van der Waals surface area contributed by atoms with Gasteiger partial charge >= 0.3 is 0 Å². The largest absolute Gasteiger partial charge is 0.329 e. The van der Waals surface area contributed by atoms with Crippen LogP contribution >= 0.6 is 0 Å². The van der Waals surface area contributed by atoms with E-state index >= 15 is 0 Å². The fraction of sp³-hybridized carbons (Fsp3) is 1.00. The zero-order valence-corrected chi connectivity index (χ0v) is 14.9. The Hall–Kier alpha value is 0.177. The predicted molar refractivity (Wildman–Crippen MR) is 82.8 cm³/mol.